The van der Waals surface area contributed by atoms with Crippen molar-refractivity contribution in [2.75, 3.05) is 11.9 Å². The van der Waals surface area contributed by atoms with Crippen molar-refractivity contribution in [3.05, 3.63) is 68.9 Å². The minimum absolute atomic E-state index is 0.00806. The van der Waals surface area contributed by atoms with Crippen LogP contribution < -0.4 is 5.32 Å². The van der Waals surface area contributed by atoms with Crippen molar-refractivity contribution in [1.82, 2.24) is 4.98 Å². The number of halogens is 1. The Morgan fingerprint density at radius 3 is 2.74 bits per heavy atom. The first-order chi connectivity index (χ1) is 12.9. The van der Waals surface area contributed by atoms with Gasteiger partial charge in [-0.2, -0.15) is 0 Å². The van der Waals surface area contributed by atoms with Gasteiger partial charge >= 0.3 is 5.97 Å². The summed E-state index contributed by atoms with van der Waals surface area (Å²) in [6, 6.07) is 9.62. The van der Waals surface area contributed by atoms with Crippen molar-refractivity contribution in [2.24, 2.45) is 0 Å². The van der Waals surface area contributed by atoms with E-state index in [4.69, 9.17) is 16.3 Å². The summed E-state index contributed by atoms with van der Waals surface area (Å²) in [4.78, 5) is 27.2. The molecular weight excluding hydrogens is 370 g/mol. The number of pyridine rings is 1. The summed E-state index contributed by atoms with van der Waals surface area (Å²) in [5.74, 6) is -0.519. The van der Waals surface area contributed by atoms with Crippen molar-refractivity contribution in [2.45, 2.75) is 13.8 Å². The maximum absolute atomic E-state index is 12.4. The van der Waals surface area contributed by atoms with E-state index in [-0.39, 0.29) is 17.9 Å². The Balaban J connectivity index is 2.16. The molecular formula is C19H16ClN3O4. The first-order valence-corrected chi connectivity index (χ1v) is 8.56. The number of carbonyl (C=O) groups is 1. The van der Waals surface area contributed by atoms with Crippen LogP contribution in [-0.2, 0) is 4.74 Å². The molecule has 0 unspecified atom stereocenters. The van der Waals surface area contributed by atoms with Crippen LogP contribution in [0.1, 0.15) is 22.8 Å². The maximum Gasteiger partial charge on any atom is 0.341 e. The van der Waals surface area contributed by atoms with E-state index in [0.29, 0.717) is 32.9 Å². The summed E-state index contributed by atoms with van der Waals surface area (Å²) in [7, 11) is 0. The average Bonchev–Trinajstić information content (AvgIpc) is 2.63. The van der Waals surface area contributed by atoms with Crippen LogP contribution in [-0.4, -0.2) is 22.5 Å². The summed E-state index contributed by atoms with van der Waals surface area (Å²) in [5, 5.41) is 15.3. The fourth-order valence-electron chi connectivity index (χ4n) is 2.70. The van der Waals surface area contributed by atoms with Crippen molar-refractivity contribution in [3.63, 3.8) is 0 Å². The van der Waals surface area contributed by atoms with Crippen LogP contribution in [0.4, 0.5) is 17.1 Å². The van der Waals surface area contributed by atoms with Gasteiger partial charge in [-0.15, -0.1) is 0 Å². The van der Waals surface area contributed by atoms with Gasteiger partial charge in [0.1, 0.15) is 5.56 Å². The lowest BCUT2D eigenvalue weighted by Gasteiger charge is -2.15. The lowest BCUT2D eigenvalue weighted by molar-refractivity contribution is -0.384. The molecule has 138 valence electrons. The fraction of sp³-hybridized carbons (Fsp3) is 0.158. The molecule has 1 N–H and O–H groups in total. The molecule has 3 aromatic rings. The zero-order chi connectivity index (χ0) is 19.6. The van der Waals surface area contributed by atoms with Crippen LogP contribution in [0.2, 0.25) is 5.02 Å². The van der Waals surface area contributed by atoms with E-state index >= 15 is 0 Å². The van der Waals surface area contributed by atoms with Gasteiger partial charge in [-0.1, -0.05) is 11.6 Å². The molecule has 0 bridgehead atoms. The van der Waals surface area contributed by atoms with E-state index in [1.807, 2.05) is 0 Å². The van der Waals surface area contributed by atoms with Gasteiger partial charge in [0.05, 0.1) is 22.7 Å². The lowest BCUT2D eigenvalue weighted by atomic mass is 10.1. The van der Waals surface area contributed by atoms with Crippen molar-refractivity contribution in [3.8, 4) is 0 Å². The highest BCUT2D eigenvalue weighted by Crippen LogP contribution is 2.33. The molecule has 7 nitrogen and oxygen atoms in total. The van der Waals surface area contributed by atoms with Gasteiger partial charge in [-0.25, -0.2) is 4.79 Å². The Bertz CT molecular complexity index is 1050. The van der Waals surface area contributed by atoms with E-state index in [0.717, 1.165) is 0 Å². The molecule has 0 amide bonds. The third-order valence-corrected chi connectivity index (χ3v) is 4.24. The molecule has 0 atom stereocenters. The highest BCUT2D eigenvalue weighted by molar-refractivity contribution is 6.31. The van der Waals surface area contributed by atoms with E-state index in [1.54, 1.807) is 38.1 Å². The highest BCUT2D eigenvalue weighted by atomic mass is 35.5. The van der Waals surface area contributed by atoms with Gasteiger partial charge in [0.25, 0.3) is 5.69 Å². The number of aryl methyl sites for hydroxylation is 1. The number of carbonyl (C=O) groups excluding carboxylic acids is 1. The van der Waals surface area contributed by atoms with Crippen LogP contribution in [0.5, 0.6) is 0 Å². The van der Waals surface area contributed by atoms with Gasteiger partial charge in [0, 0.05) is 34.4 Å². The second-order valence-corrected chi connectivity index (χ2v) is 6.25. The van der Waals surface area contributed by atoms with E-state index in [2.05, 4.69) is 10.3 Å². The SMILES string of the molecule is CCOC(=O)c1cnc2ccc(Cl)cc2c1Nc1ccc([N+](=O)[O-])cc1C. The zero-order valence-corrected chi connectivity index (χ0v) is 15.4. The quantitative estimate of drug-likeness (QED) is 0.376. The molecule has 1 heterocycles. The van der Waals surface area contributed by atoms with Crippen LogP contribution >= 0.6 is 11.6 Å². The summed E-state index contributed by atoms with van der Waals surface area (Å²) in [5.41, 5.74) is 2.66. The maximum atomic E-state index is 12.4. The Morgan fingerprint density at radius 1 is 1.30 bits per heavy atom. The number of aromatic nitrogens is 1. The highest BCUT2D eigenvalue weighted by Gasteiger charge is 2.18. The summed E-state index contributed by atoms with van der Waals surface area (Å²) < 4.78 is 5.13. The zero-order valence-electron chi connectivity index (χ0n) is 14.7. The number of nitrogens with zero attached hydrogens (tertiary/aromatic N) is 2. The van der Waals surface area contributed by atoms with Gasteiger partial charge in [0.2, 0.25) is 0 Å². The Kier molecular flexibility index (Phi) is 5.23. The second kappa shape index (κ2) is 7.59. The van der Waals surface area contributed by atoms with E-state index in [9.17, 15) is 14.9 Å². The molecule has 0 saturated heterocycles. The van der Waals surface area contributed by atoms with Crippen molar-refractivity contribution < 1.29 is 14.5 Å². The molecule has 0 fully saturated rings. The summed E-state index contributed by atoms with van der Waals surface area (Å²) in [6.45, 7) is 3.69. The number of fused-ring (bicyclic) bond motifs is 1. The number of esters is 1. The third-order valence-electron chi connectivity index (χ3n) is 4.01. The molecule has 1 aromatic heterocycles. The topological polar surface area (TPSA) is 94.4 Å². The molecule has 0 aliphatic carbocycles. The minimum atomic E-state index is -0.519. The molecule has 0 aliphatic rings. The second-order valence-electron chi connectivity index (χ2n) is 5.81. The van der Waals surface area contributed by atoms with E-state index < -0.39 is 10.9 Å². The number of benzene rings is 2. The number of ether oxygens (including phenoxy) is 1. The molecule has 0 spiro atoms. The average molecular weight is 386 g/mol. The number of nitrogens with one attached hydrogen (secondary N) is 1. The number of non-ortho nitro benzene ring substituents is 1. The van der Waals surface area contributed by atoms with Gasteiger partial charge in [-0.05, 0) is 43.7 Å². The Labute approximate surface area is 160 Å². The predicted octanol–water partition coefficient (Wildman–Crippen LogP) is 5.03. The number of rotatable bonds is 5. The van der Waals surface area contributed by atoms with Crippen LogP contribution in [0.15, 0.2) is 42.6 Å². The minimum Gasteiger partial charge on any atom is -0.462 e. The lowest BCUT2D eigenvalue weighted by Crippen LogP contribution is -2.09. The third kappa shape index (κ3) is 3.83. The summed E-state index contributed by atoms with van der Waals surface area (Å²) in [6.07, 6.45) is 1.44. The predicted molar refractivity (Wildman–Crippen MR) is 104 cm³/mol. The standard InChI is InChI=1S/C19H16ClN3O4/c1-3-27-19(24)15-10-21-17-6-4-12(20)9-14(17)18(15)22-16-7-5-13(23(25)26)8-11(16)2/h4-10H,3H2,1-2H3,(H,21,22). The number of hydrogen-bond acceptors (Lipinski definition) is 6. The first-order valence-electron chi connectivity index (χ1n) is 8.18. The number of anilines is 2. The van der Waals surface area contributed by atoms with Gasteiger partial charge in [0.15, 0.2) is 0 Å². The summed E-state index contributed by atoms with van der Waals surface area (Å²) >= 11 is 6.13. The normalized spacial score (nSPS) is 10.6. The number of hydrogen-bond donors (Lipinski definition) is 1. The van der Waals surface area contributed by atoms with Crippen LogP contribution in [0, 0.1) is 17.0 Å². The molecule has 27 heavy (non-hydrogen) atoms. The molecule has 2 aromatic carbocycles. The molecule has 8 heteroatoms. The van der Waals surface area contributed by atoms with E-state index in [1.165, 1.54) is 18.3 Å². The number of nitro groups is 1. The Morgan fingerprint density at radius 2 is 2.07 bits per heavy atom. The smallest absolute Gasteiger partial charge is 0.341 e. The fourth-order valence-corrected chi connectivity index (χ4v) is 2.87. The molecule has 3 rings (SSSR count). The molecule has 0 radical (unpaired) electrons. The molecule has 0 saturated carbocycles. The first kappa shape index (κ1) is 18.6. The van der Waals surface area contributed by atoms with Gasteiger partial charge < -0.3 is 10.1 Å². The Hall–Kier alpha value is -3.19. The number of nitro benzene ring substituents is 1. The monoisotopic (exact) mass is 385 g/mol. The van der Waals surface area contributed by atoms with Crippen molar-refractivity contribution in [1.29, 1.82) is 0 Å². The largest absolute Gasteiger partial charge is 0.462 e. The van der Waals surface area contributed by atoms with Crippen molar-refractivity contribution >= 4 is 45.5 Å². The molecule has 0 aliphatic heterocycles. The van der Waals surface area contributed by atoms with Crippen LogP contribution in [0.3, 0.4) is 0 Å². The van der Waals surface area contributed by atoms with Gasteiger partial charge in [-0.3, -0.25) is 15.1 Å². The van der Waals surface area contributed by atoms with Crippen LogP contribution in [0.25, 0.3) is 10.9 Å².